The van der Waals surface area contributed by atoms with Crippen molar-refractivity contribution in [2.75, 3.05) is 0 Å². The molecule has 0 unspecified atom stereocenters. The fraction of sp³-hybridized carbons (Fsp3) is 0.300. The largest absolute Gasteiger partial charge is 0.399 e. The molecule has 0 fully saturated rings. The van der Waals surface area contributed by atoms with Gasteiger partial charge in [0.2, 0.25) is 0 Å². The average Bonchev–Trinajstić information content (AvgIpc) is 2.53. The normalized spacial score (nSPS) is 10.7. The Morgan fingerprint density at radius 1 is 1.23 bits per heavy atom. The molecule has 4 N–H and O–H groups in total. The lowest BCUT2D eigenvalue weighted by atomic mass is 10.1. The van der Waals surface area contributed by atoms with Crippen LogP contribution < -0.4 is 11.5 Å². The van der Waals surface area contributed by atoms with E-state index in [1.807, 2.05) is 64.1 Å². The van der Waals surface area contributed by atoms with Crippen molar-refractivity contribution in [3.8, 4) is 0 Å². The predicted molar refractivity (Wildman–Crippen MR) is 101 cm³/mol. The van der Waals surface area contributed by atoms with Crippen LogP contribution in [-0.2, 0) is 6.54 Å². The van der Waals surface area contributed by atoms with Gasteiger partial charge in [-0.3, -0.25) is 0 Å². The van der Waals surface area contributed by atoms with E-state index in [9.17, 15) is 0 Å². The molecule has 0 aliphatic heterocycles. The molecule has 0 aromatic heterocycles. The summed E-state index contributed by atoms with van der Waals surface area (Å²) >= 11 is 0. The van der Waals surface area contributed by atoms with Crippen molar-refractivity contribution < 1.29 is 0 Å². The zero-order valence-electron chi connectivity index (χ0n) is 14.8. The van der Waals surface area contributed by atoms with Gasteiger partial charge in [-0.1, -0.05) is 80.1 Å². The second-order valence-electron chi connectivity index (χ2n) is 4.54. The third-order valence-electron chi connectivity index (χ3n) is 2.43. The highest BCUT2D eigenvalue weighted by atomic mass is 14.5. The first-order valence-electron chi connectivity index (χ1n) is 7.67. The van der Waals surface area contributed by atoms with Gasteiger partial charge in [0.05, 0.1) is 0 Å². The van der Waals surface area contributed by atoms with Crippen molar-refractivity contribution in [1.29, 1.82) is 0 Å². The smallest absolute Gasteiger partial charge is 0.0241 e. The van der Waals surface area contributed by atoms with Gasteiger partial charge in [0.1, 0.15) is 0 Å². The van der Waals surface area contributed by atoms with Crippen LogP contribution in [0.1, 0.15) is 38.8 Å². The fourth-order valence-electron chi connectivity index (χ4n) is 1.38. The molecule has 2 nitrogen and oxygen atoms in total. The van der Waals surface area contributed by atoms with Crippen molar-refractivity contribution in [1.82, 2.24) is 0 Å². The van der Waals surface area contributed by atoms with E-state index < -0.39 is 0 Å². The minimum absolute atomic E-state index is 0.582. The molecule has 1 aromatic rings. The average molecular weight is 300 g/mol. The van der Waals surface area contributed by atoms with Crippen LogP contribution >= 0.6 is 0 Å². The molecule has 0 radical (unpaired) electrons. The van der Waals surface area contributed by atoms with Crippen LogP contribution in [0.3, 0.4) is 0 Å². The number of rotatable bonds is 4. The summed E-state index contributed by atoms with van der Waals surface area (Å²) in [4.78, 5) is 0. The molecule has 2 heteroatoms. The van der Waals surface area contributed by atoms with E-state index in [4.69, 9.17) is 11.5 Å². The zero-order chi connectivity index (χ0) is 17.4. The first kappa shape index (κ1) is 22.2. The highest BCUT2D eigenvalue weighted by Crippen LogP contribution is 2.01. The van der Waals surface area contributed by atoms with Crippen LogP contribution in [0.15, 0.2) is 72.5 Å². The lowest BCUT2D eigenvalue weighted by molar-refractivity contribution is 1.07. The Morgan fingerprint density at radius 3 is 2.27 bits per heavy atom. The number of hydrogen-bond donors (Lipinski definition) is 2. The topological polar surface area (TPSA) is 52.0 Å². The van der Waals surface area contributed by atoms with E-state index in [0.29, 0.717) is 12.2 Å². The SMILES string of the molecule is C=C(N)/C=C/C(C)=C\C=C/C.CC.Cc1cccc(CN)c1. The molecule has 0 bridgehead atoms. The van der Waals surface area contributed by atoms with E-state index in [2.05, 4.69) is 25.6 Å². The third-order valence-corrected chi connectivity index (χ3v) is 2.43. The first-order chi connectivity index (χ1) is 10.5. The van der Waals surface area contributed by atoms with Gasteiger partial charge < -0.3 is 11.5 Å². The van der Waals surface area contributed by atoms with Crippen LogP contribution in [0.5, 0.6) is 0 Å². The van der Waals surface area contributed by atoms with E-state index in [0.717, 1.165) is 5.57 Å². The summed E-state index contributed by atoms with van der Waals surface area (Å²) in [5.74, 6) is 0. The molecular formula is C20H32N2. The highest BCUT2D eigenvalue weighted by molar-refractivity contribution is 5.26. The zero-order valence-corrected chi connectivity index (χ0v) is 14.8. The second kappa shape index (κ2) is 15.3. The summed E-state index contributed by atoms with van der Waals surface area (Å²) in [6, 6.07) is 8.23. The van der Waals surface area contributed by atoms with Crippen LogP contribution in [0.25, 0.3) is 0 Å². The van der Waals surface area contributed by atoms with E-state index in [1.54, 1.807) is 6.08 Å². The number of aryl methyl sites for hydroxylation is 1. The second-order valence-corrected chi connectivity index (χ2v) is 4.54. The van der Waals surface area contributed by atoms with Gasteiger partial charge in [-0.15, -0.1) is 0 Å². The number of benzene rings is 1. The van der Waals surface area contributed by atoms with Crippen LogP contribution in [0, 0.1) is 6.92 Å². The van der Waals surface area contributed by atoms with Crippen LogP contribution in [-0.4, -0.2) is 0 Å². The van der Waals surface area contributed by atoms with Crippen molar-refractivity contribution in [3.63, 3.8) is 0 Å². The summed E-state index contributed by atoms with van der Waals surface area (Å²) in [6.07, 6.45) is 9.70. The molecule has 122 valence electrons. The van der Waals surface area contributed by atoms with Gasteiger partial charge >= 0.3 is 0 Å². The molecule has 1 aromatic carbocycles. The Balaban J connectivity index is 0. The Kier molecular flexibility index (Phi) is 15.5. The van der Waals surface area contributed by atoms with Crippen LogP contribution in [0.4, 0.5) is 0 Å². The van der Waals surface area contributed by atoms with E-state index in [1.165, 1.54) is 11.1 Å². The van der Waals surface area contributed by atoms with Gasteiger partial charge in [0.25, 0.3) is 0 Å². The van der Waals surface area contributed by atoms with E-state index in [-0.39, 0.29) is 0 Å². The molecule has 0 aliphatic carbocycles. The Labute approximate surface area is 136 Å². The first-order valence-corrected chi connectivity index (χ1v) is 7.67. The molecule has 1 rings (SSSR count). The Bertz CT molecular complexity index is 494. The number of nitrogens with two attached hydrogens (primary N) is 2. The van der Waals surface area contributed by atoms with Crippen molar-refractivity contribution >= 4 is 0 Å². The summed E-state index contributed by atoms with van der Waals surface area (Å²) in [7, 11) is 0. The standard InChI is InChI=1S/C10H15N.C8H11N.C2H6/c1-4-5-6-9(2)7-8-10(3)11;1-7-3-2-4-8(5-7)6-9;1-2/h4-8H,3,11H2,1-2H3;2-5H,6,9H2,1H3;1-2H3/b5-4-,8-7+,9-6-;;. The number of hydrogen-bond acceptors (Lipinski definition) is 2. The molecule has 0 heterocycles. The highest BCUT2D eigenvalue weighted by Gasteiger charge is 1.86. The molecule has 0 saturated carbocycles. The van der Waals surface area contributed by atoms with Crippen LogP contribution in [0.2, 0.25) is 0 Å². The number of allylic oxidation sites excluding steroid dienone is 6. The Morgan fingerprint density at radius 2 is 1.86 bits per heavy atom. The molecule has 0 amide bonds. The molecule has 0 spiro atoms. The minimum atomic E-state index is 0.582. The molecule has 22 heavy (non-hydrogen) atoms. The third kappa shape index (κ3) is 14.4. The molecule has 0 atom stereocenters. The van der Waals surface area contributed by atoms with Gasteiger partial charge in [0.15, 0.2) is 0 Å². The maximum absolute atomic E-state index is 5.42. The van der Waals surface area contributed by atoms with E-state index >= 15 is 0 Å². The maximum atomic E-state index is 5.42. The predicted octanol–water partition coefficient (Wildman–Crippen LogP) is 5.02. The summed E-state index contributed by atoms with van der Waals surface area (Å²) in [5.41, 5.74) is 15.0. The van der Waals surface area contributed by atoms with Gasteiger partial charge in [-0.05, 0) is 32.4 Å². The minimum Gasteiger partial charge on any atom is -0.399 e. The summed E-state index contributed by atoms with van der Waals surface area (Å²) in [6.45, 7) is 14.3. The lowest BCUT2D eigenvalue weighted by Gasteiger charge is -1.95. The molecular weight excluding hydrogens is 268 g/mol. The lowest BCUT2D eigenvalue weighted by Crippen LogP contribution is -1.95. The quantitative estimate of drug-likeness (QED) is 0.767. The van der Waals surface area contributed by atoms with Gasteiger partial charge in [0, 0.05) is 12.2 Å². The van der Waals surface area contributed by atoms with Crippen molar-refractivity contribution in [2.45, 2.75) is 41.2 Å². The molecule has 0 aliphatic rings. The van der Waals surface area contributed by atoms with Crippen molar-refractivity contribution in [2.24, 2.45) is 11.5 Å². The van der Waals surface area contributed by atoms with Gasteiger partial charge in [-0.25, -0.2) is 0 Å². The fourth-order valence-corrected chi connectivity index (χ4v) is 1.38. The maximum Gasteiger partial charge on any atom is 0.0241 e. The Hall–Kier alpha value is -2.06. The molecule has 0 saturated heterocycles. The monoisotopic (exact) mass is 300 g/mol. The van der Waals surface area contributed by atoms with Crippen molar-refractivity contribution in [3.05, 3.63) is 83.6 Å². The summed E-state index contributed by atoms with van der Waals surface area (Å²) < 4.78 is 0. The summed E-state index contributed by atoms with van der Waals surface area (Å²) in [5, 5.41) is 0. The van der Waals surface area contributed by atoms with Gasteiger partial charge in [-0.2, -0.15) is 0 Å².